The van der Waals surface area contributed by atoms with E-state index in [9.17, 15) is 4.79 Å². The number of halogens is 1. The standard InChI is InChI=1S/C13H22ClN3O/c1-5-11(6-2)17(8-7-14)13(18)12-9-10(3)16(4)15-12/h9,11H,5-8H2,1-4H3. The van der Waals surface area contributed by atoms with Crippen molar-refractivity contribution < 1.29 is 4.79 Å². The number of aryl methyl sites for hydroxylation is 2. The quantitative estimate of drug-likeness (QED) is 0.746. The molecule has 0 saturated heterocycles. The zero-order valence-corrected chi connectivity index (χ0v) is 12.4. The van der Waals surface area contributed by atoms with Crippen molar-refractivity contribution in [1.82, 2.24) is 14.7 Å². The molecule has 18 heavy (non-hydrogen) atoms. The lowest BCUT2D eigenvalue weighted by atomic mass is 10.1. The first-order valence-corrected chi connectivity index (χ1v) is 6.96. The van der Waals surface area contributed by atoms with Crippen LogP contribution in [-0.4, -0.2) is 39.1 Å². The van der Waals surface area contributed by atoms with Crippen LogP contribution in [0.15, 0.2) is 6.07 Å². The highest BCUT2D eigenvalue weighted by atomic mass is 35.5. The predicted octanol–water partition coefficient (Wildman–Crippen LogP) is 2.60. The van der Waals surface area contributed by atoms with Gasteiger partial charge in [-0.3, -0.25) is 9.48 Å². The summed E-state index contributed by atoms with van der Waals surface area (Å²) in [5, 5.41) is 4.25. The minimum atomic E-state index is -0.0203. The molecule has 0 aliphatic carbocycles. The first kappa shape index (κ1) is 15.0. The van der Waals surface area contributed by atoms with Crippen LogP contribution in [0.2, 0.25) is 0 Å². The Hall–Kier alpha value is -1.03. The highest BCUT2D eigenvalue weighted by Crippen LogP contribution is 2.14. The summed E-state index contributed by atoms with van der Waals surface area (Å²) in [5.41, 5.74) is 1.49. The number of nitrogens with zero attached hydrogens (tertiary/aromatic N) is 3. The molecule has 1 aromatic rings. The van der Waals surface area contributed by atoms with Gasteiger partial charge in [-0.05, 0) is 25.8 Å². The molecule has 5 heteroatoms. The summed E-state index contributed by atoms with van der Waals surface area (Å²) >= 11 is 5.80. The molecule has 0 aliphatic heterocycles. The van der Waals surface area contributed by atoms with Gasteiger partial charge in [-0.2, -0.15) is 5.10 Å². The molecule has 0 radical (unpaired) electrons. The Bertz CT molecular complexity index is 379. The van der Waals surface area contributed by atoms with E-state index in [4.69, 9.17) is 11.6 Å². The SMILES string of the molecule is CCC(CC)N(CCCl)C(=O)c1cc(C)n(C)n1. The van der Waals surface area contributed by atoms with Crippen LogP contribution in [0.4, 0.5) is 0 Å². The number of aromatic nitrogens is 2. The van der Waals surface area contributed by atoms with Crippen LogP contribution in [0.25, 0.3) is 0 Å². The maximum absolute atomic E-state index is 12.5. The molecule has 1 rings (SSSR count). The Labute approximate surface area is 114 Å². The minimum absolute atomic E-state index is 0.0203. The Morgan fingerprint density at radius 2 is 2.11 bits per heavy atom. The number of hydrogen-bond donors (Lipinski definition) is 0. The zero-order chi connectivity index (χ0) is 13.7. The van der Waals surface area contributed by atoms with Crippen molar-refractivity contribution in [3.8, 4) is 0 Å². The molecule has 0 bridgehead atoms. The second kappa shape index (κ2) is 6.78. The van der Waals surface area contributed by atoms with Crippen LogP contribution < -0.4 is 0 Å². The van der Waals surface area contributed by atoms with Crippen molar-refractivity contribution in [2.75, 3.05) is 12.4 Å². The first-order chi connectivity index (χ1) is 8.54. The van der Waals surface area contributed by atoms with Gasteiger partial charge in [0.15, 0.2) is 5.69 Å². The molecule has 0 atom stereocenters. The zero-order valence-electron chi connectivity index (χ0n) is 11.6. The Balaban J connectivity index is 2.94. The van der Waals surface area contributed by atoms with Gasteiger partial charge in [-0.25, -0.2) is 0 Å². The normalized spacial score (nSPS) is 11.0. The third-order valence-corrected chi connectivity index (χ3v) is 3.47. The van der Waals surface area contributed by atoms with Gasteiger partial charge in [0.1, 0.15) is 0 Å². The van der Waals surface area contributed by atoms with E-state index in [1.807, 2.05) is 24.9 Å². The van der Waals surface area contributed by atoms with Crippen LogP contribution >= 0.6 is 11.6 Å². The van der Waals surface area contributed by atoms with Gasteiger partial charge in [0, 0.05) is 31.2 Å². The van der Waals surface area contributed by atoms with Crippen LogP contribution in [0.5, 0.6) is 0 Å². The van der Waals surface area contributed by atoms with E-state index < -0.39 is 0 Å². The van der Waals surface area contributed by atoms with Crippen molar-refractivity contribution in [1.29, 1.82) is 0 Å². The molecule has 1 amide bonds. The molecule has 0 unspecified atom stereocenters. The number of carbonyl (C=O) groups is 1. The lowest BCUT2D eigenvalue weighted by molar-refractivity contribution is 0.0674. The molecule has 0 N–H and O–H groups in total. The fourth-order valence-corrected chi connectivity index (χ4v) is 2.26. The summed E-state index contributed by atoms with van der Waals surface area (Å²) in [6, 6.07) is 2.06. The summed E-state index contributed by atoms with van der Waals surface area (Å²) in [7, 11) is 1.84. The van der Waals surface area contributed by atoms with Gasteiger partial charge in [0.2, 0.25) is 0 Å². The molecule has 4 nitrogen and oxygen atoms in total. The molecular weight excluding hydrogens is 250 g/mol. The Morgan fingerprint density at radius 3 is 2.50 bits per heavy atom. The summed E-state index contributed by atoms with van der Waals surface area (Å²) < 4.78 is 1.72. The average molecular weight is 272 g/mol. The number of carbonyl (C=O) groups excluding carboxylic acids is 1. The lowest BCUT2D eigenvalue weighted by Gasteiger charge is -2.29. The molecule has 102 valence electrons. The van der Waals surface area contributed by atoms with E-state index in [-0.39, 0.29) is 11.9 Å². The minimum Gasteiger partial charge on any atom is -0.333 e. The molecule has 1 aromatic heterocycles. The topological polar surface area (TPSA) is 38.1 Å². The average Bonchev–Trinajstić information content (AvgIpc) is 2.69. The number of amides is 1. The summed E-state index contributed by atoms with van der Waals surface area (Å²) in [5.74, 6) is 0.432. The van der Waals surface area contributed by atoms with E-state index >= 15 is 0 Å². The fraction of sp³-hybridized carbons (Fsp3) is 0.692. The van der Waals surface area contributed by atoms with E-state index in [1.54, 1.807) is 4.68 Å². The second-order valence-electron chi connectivity index (χ2n) is 4.45. The van der Waals surface area contributed by atoms with E-state index in [0.29, 0.717) is 18.1 Å². The number of rotatable bonds is 6. The number of alkyl halides is 1. The largest absolute Gasteiger partial charge is 0.333 e. The number of hydrogen-bond acceptors (Lipinski definition) is 2. The first-order valence-electron chi connectivity index (χ1n) is 6.42. The maximum Gasteiger partial charge on any atom is 0.274 e. The van der Waals surface area contributed by atoms with Crippen molar-refractivity contribution in [3.05, 3.63) is 17.5 Å². The second-order valence-corrected chi connectivity index (χ2v) is 4.83. The Morgan fingerprint density at radius 1 is 1.50 bits per heavy atom. The Kier molecular flexibility index (Phi) is 5.66. The van der Waals surface area contributed by atoms with Crippen molar-refractivity contribution in [2.45, 2.75) is 39.7 Å². The van der Waals surface area contributed by atoms with Gasteiger partial charge in [-0.15, -0.1) is 11.6 Å². The predicted molar refractivity (Wildman–Crippen MR) is 74.1 cm³/mol. The van der Waals surface area contributed by atoms with Crippen molar-refractivity contribution in [2.24, 2.45) is 7.05 Å². The summed E-state index contributed by atoms with van der Waals surface area (Å²) in [4.78, 5) is 14.3. The molecule has 0 spiro atoms. The highest BCUT2D eigenvalue weighted by Gasteiger charge is 2.23. The van der Waals surface area contributed by atoms with E-state index in [0.717, 1.165) is 18.5 Å². The highest BCUT2D eigenvalue weighted by molar-refractivity contribution is 6.18. The summed E-state index contributed by atoms with van der Waals surface area (Å²) in [6.45, 7) is 6.69. The van der Waals surface area contributed by atoms with Crippen molar-refractivity contribution >= 4 is 17.5 Å². The maximum atomic E-state index is 12.5. The van der Waals surface area contributed by atoms with Gasteiger partial charge in [-0.1, -0.05) is 13.8 Å². The smallest absolute Gasteiger partial charge is 0.274 e. The van der Waals surface area contributed by atoms with E-state index in [1.165, 1.54) is 0 Å². The molecule has 0 saturated carbocycles. The van der Waals surface area contributed by atoms with Crippen LogP contribution in [0.1, 0.15) is 42.9 Å². The molecule has 0 aromatic carbocycles. The molecule has 0 fully saturated rings. The lowest BCUT2D eigenvalue weighted by Crippen LogP contribution is -2.41. The molecule has 0 aliphatic rings. The van der Waals surface area contributed by atoms with Crippen LogP contribution in [0.3, 0.4) is 0 Å². The van der Waals surface area contributed by atoms with Gasteiger partial charge in [0.05, 0.1) is 0 Å². The van der Waals surface area contributed by atoms with Crippen LogP contribution in [-0.2, 0) is 7.05 Å². The molecule has 1 heterocycles. The third-order valence-electron chi connectivity index (χ3n) is 3.30. The summed E-state index contributed by atoms with van der Waals surface area (Å²) in [6.07, 6.45) is 1.87. The third kappa shape index (κ3) is 3.25. The fourth-order valence-electron chi connectivity index (χ4n) is 2.08. The molecular formula is C13H22ClN3O. The van der Waals surface area contributed by atoms with E-state index in [2.05, 4.69) is 18.9 Å². The van der Waals surface area contributed by atoms with Gasteiger partial charge < -0.3 is 4.90 Å². The van der Waals surface area contributed by atoms with Gasteiger partial charge >= 0.3 is 0 Å². The van der Waals surface area contributed by atoms with Gasteiger partial charge in [0.25, 0.3) is 5.91 Å². The van der Waals surface area contributed by atoms with Crippen molar-refractivity contribution in [3.63, 3.8) is 0 Å². The van der Waals surface area contributed by atoms with Crippen LogP contribution in [0, 0.1) is 6.92 Å². The monoisotopic (exact) mass is 271 g/mol.